The van der Waals surface area contributed by atoms with Crippen LogP contribution in [0.25, 0.3) is 0 Å². The molecular weight excluding hydrogens is 348 g/mol. The number of piperazine rings is 1. The van der Waals surface area contributed by atoms with Gasteiger partial charge in [-0.25, -0.2) is 9.97 Å². The second-order valence-corrected chi connectivity index (χ2v) is 7.38. The highest BCUT2D eigenvalue weighted by atomic mass is 15.3. The highest BCUT2D eigenvalue weighted by Gasteiger charge is 2.18. The maximum absolute atomic E-state index is 4.68. The SMILES string of the molecule is CCN1CCN(c2cc(Nc3ccc(N(CC)CC)cc3C)nc(C)n2)CC1. The van der Waals surface area contributed by atoms with Crippen LogP contribution in [-0.4, -0.2) is 60.7 Å². The van der Waals surface area contributed by atoms with Crippen LogP contribution in [0.2, 0.25) is 0 Å². The van der Waals surface area contributed by atoms with E-state index in [4.69, 9.17) is 0 Å². The topological polar surface area (TPSA) is 47.5 Å². The van der Waals surface area contributed by atoms with Gasteiger partial charge in [0.25, 0.3) is 0 Å². The van der Waals surface area contributed by atoms with Crippen LogP contribution in [0.3, 0.4) is 0 Å². The van der Waals surface area contributed by atoms with Gasteiger partial charge < -0.3 is 20.0 Å². The van der Waals surface area contributed by atoms with Crippen LogP contribution >= 0.6 is 0 Å². The number of rotatable bonds is 7. The van der Waals surface area contributed by atoms with Gasteiger partial charge in [0.2, 0.25) is 0 Å². The number of aromatic nitrogens is 2. The summed E-state index contributed by atoms with van der Waals surface area (Å²) in [5, 5.41) is 3.51. The first kappa shape index (κ1) is 20.4. The van der Waals surface area contributed by atoms with Crippen LogP contribution in [-0.2, 0) is 0 Å². The summed E-state index contributed by atoms with van der Waals surface area (Å²) in [5.74, 6) is 2.68. The molecule has 1 aliphatic heterocycles. The van der Waals surface area contributed by atoms with E-state index in [-0.39, 0.29) is 0 Å². The maximum Gasteiger partial charge on any atom is 0.136 e. The molecule has 0 aliphatic carbocycles. The Balaban J connectivity index is 1.77. The Bertz CT molecular complexity index is 779. The molecule has 2 aromatic rings. The van der Waals surface area contributed by atoms with Crippen molar-refractivity contribution in [2.75, 3.05) is 60.9 Å². The van der Waals surface area contributed by atoms with Crippen LogP contribution in [0.1, 0.15) is 32.2 Å². The molecule has 28 heavy (non-hydrogen) atoms. The monoisotopic (exact) mass is 382 g/mol. The molecule has 0 spiro atoms. The molecule has 6 heteroatoms. The molecule has 0 amide bonds. The highest BCUT2D eigenvalue weighted by molar-refractivity contribution is 5.66. The van der Waals surface area contributed by atoms with Gasteiger partial charge in [-0.1, -0.05) is 6.92 Å². The van der Waals surface area contributed by atoms with Crippen molar-refractivity contribution < 1.29 is 0 Å². The smallest absolute Gasteiger partial charge is 0.136 e. The van der Waals surface area contributed by atoms with Gasteiger partial charge >= 0.3 is 0 Å². The Morgan fingerprint density at radius 1 is 0.964 bits per heavy atom. The van der Waals surface area contributed by atoms with Crippen molar-refractivity contribution in [3.8, 4) is 0 Å². The maximum atomic E-state index is 4.68. The predicted octanol–water partition coefficient (Wildman–Crippen LogP) is 3.83. The Labute approximate surface area is 169 Å². The molecule has 0 saturated carbocycles. The second kappa shape index (κ2) is 9.24. The fourth-order valence-corrected chi connectivity index (χ4v) is 3.78. The molecule has 1 aromatic heterocycles. The average molecular weight is 383 g/mol. The number of nitrogens with zero attached hydrogens (tertiary/aromatic N) is 5. The van der Waals surface area contributed by atoms with E-state index >= 15 is 0 Å². The van der Waals surface area contributed by atoms with Crippen molar-refractivity contribution in [3.05, 3.63) is 35.7 Å². The van der Waals surface area contributed by atoms with E-state index in [9.17, 15) is 0 Å². The van der Waals surface area contributed by atoms with Crippen LogP contribution < -0.4 is 15.1 Å². The lowest BCUT2D eigenvalue weighted by Gasteiger charge is -2.34. The van der Waals surface area contributed by atoms with E-state index in [1.54, 1.807) is 0 Å². The third kappa shape index (κ3) is 4.73. The molecule has 6 nitrogen and oxygen atoms in total. The first-order valence-electron chi connectivity index (χ1n) is 10.5. The van der Waals surface area contributed by atoms with Gasteiger partial charge in [0.05, 0.1) is 0 Å². The summed E-state index contributed by atoms with van der Waals surface area (Å²) in [6.45, 7) is 18.1. The van der Waals surface area contributed by atoms with Crippen molar-refractivity contribution in [1.29, 1.82) is 0 Å². The summed E-state index contributed by atoms with van der Waals surface area (Å²) < 4.78 is 0. The first-order chi connectivity index (χ1) is 13.5. The number of hydrogen-bond donors (Lipinski definition) is 1. The lowest BCUT2D eigenvalue weighted by atomic mass is 10.1. The Hall–Kier alpha value is -2.34. The zero-order valence-electron chi connectivity index (χ0n) is 18.0. The van der Waals surface area contributed by atoms with Gasteiger partial charge in [-0.05, 0) is 58.0 Å². The fraction of sp³-hybridized carbons (Fsp3) is 0.545. The highest BCUT2D eigenvalue weighted by Crippen LogP contribution is 2.26. The molecule has 1 N–H and O–H groups in total. The Kier molecular flexibility index (Phi) is 6.73. The van der Waals surface area contributed by atoms with Crippen LogP contribution in [0.4, 0.5) is 23.0 Å². The van der Waals surface area contributed by atoms with E-state index < -0.39 is 0 Å². The van der Waals surface area contributed by atoms with E-state index in [2.05, 4.69) is 81.9 Å². The molecule has 0 unspecified atom stereocenters. The minimum atomic E-state index is 0.801. The van der Waals surface area contributed by atoms with E-state index in [1.165, 1.54) is 11.3 Å². The summed E-state index contributed by atoms with van der Waals surface area (Å²) in [6.07, 6.45) is 0. The van der Waals surface area contributed by atoms with Crippen molar-refractivity contribution in [3.63, 3.8) is 0 Å². The number of hydrogen-bond acceptors (Lipinski definition) is 6. The zero-order valence-corrected chi connectivity index (χ0v) is 18.0. The van der Waals surface area contributed by atoms with Gasteiger partial charge in [0.1, 0.15) is 17.5 Å². The number of anilines is 4. The third-order valence-electron chi connectivity index (χ3n) is 5.57. The first-order valence-corrected chi connectivity index (χ1v) is 10.5. The minimum Gasteiger partial charge on any atom is -0.372 e. The quantitative estimate of drug-likeness (QED) is 0.785. The van der Waals surface area contributed by atoms with Crippen molar-refractivity contribution in [2.24, 2.45) is 0 Å². The summed E-state index contributed by atoms with van der Waals surface area (Å²) in [5.41, 5.74) is 3.58. The number of nitrogens with one attached hydrogen (secondary N) is 1. The fourth-order valence-electron chi connectivity index (χ4n) is 3.78. The van der Waals surface area contributed by atoms with Crippen molar-refractivity contribution >= 4 is 23.0 Å². The molecule has 0 bridgehead atoms. The molecule has 0 radical (unpaired) electrons. The molecule has 1 fully saturated rings. The van der Waals surface area contributed by atoms with Gasteiger partial charge in [0.15, 0.2) is 0 Å². The van der Waals surface area contributed by atoms with Crippen LogP contribution in [0, 0.1) is 13.8 Å². The summed E-state index contributed by atoms with van der Waals surface area (Å²) in [4.78, 5) is 16.5. The molecule has 152 valence electrons. The average Bonchev–Trinajstić information content (AvgIpc) is 2.70. The summed E-state index contributed by atoms with van der Waals surface area (Å²) >= 11 is 0. The van der Waals surface area contributed by atoms with E-state index in [0.29, 0.717) is 0 Å². The lowest BCUT2D eigenvalue weighted by Crippen LogP contribution is -2.46. The normalized spacial score (nSPS) is 15.0. The second-order valence-electron chi connectivity index (χ2n) is 7.38. The van der Waals surface area contributed by atoms with Crippen molar-refractivity contribution in [2.45, 2.75) is 34.6 Å². The molecule has 1 saturated heterocycles. The van der Waals surface area contributed by atoms with E-state index in [1.807, 2.05) is 6.92 Å². The molecule has 3 rings (SSSR count). The third-order valence-corrected chi connectivity index (χ3v) is 5.57. The number of aryl methyl sites for hydroxylation is 2. The predicted molar refractivity (Wildman–Crippen MR) is 119 cm³/mol. The van der Waals surface area contributed by atoms with Crippen molar-refractivity contribution in [1.82, 2.24) is 14.9 Å². The summed E-state index contributed by atoms with van der Waals surface area (Å²) in [7, 11) is 0. The number of likely N-dealkylation sites (N-methyl/N-ethyl adjacent to an activating group) is 1. The standard InChI is InChI=1S/C22H34N6/c1-6-26-11-13-28(14-12-26)22-16-21(23-18(5)24-22)25-20-10-9-19(15-17(20)4)27(7-2)8-3/h9-10,15-16H,6-8,11-14H2,1-5H3,(H,23,24,25). The van der Waals surface area contributed by atoms with Gasteiger partial charge in [-0.3, -0.25) is 0 Å². The van der Waals surface area contributed by atoms with E-state index in [0.717, 1.165) is 69.0 Å². The molecule has 1 aliphatic rings. The molecule has 0 atom stereocenters. The lowest BCUT2D eigenvalue weighted by molar-refractivity contribution is 0.270. The van der Waals surface area contributed by atoms with Crippen LogP contribution in [0.15, 0.2) is 24.3 Å². The molecule has 1 aromatic carbocycles. The zero-order chi connectivity index (χ0) is 20.1. The molecular formula is C22H34N6. The largest absolute Gasteiger partial charge is 0.372 e. The summed E-state index contributed by atoms with van der Waals surface area (Å²) in [6, 6.07) is 8.65. The van der Waals surface area contributed by atoms with Crippen LogP contribution in [0.5, 0.6) is 0 Å². The molecule has 2 heterocycles. The Morgan fingerprint density at radius 2 is 1.68 bits per heavy atom. The van der Waals surface area contributed by atoms with Gasteiger partial charge in [-0.15, -0.1) is 0 Å². The minimum absolute atomic E-state index is 0.801. The van der Waals surface area contributed by atoms with Gasteiger partial charge in [-0.2, -0.15) is 0 Å². The Morgan fingerprint density at radius 3 is 2.29 bits per heavy atom. The number of benzene rings is 1. The van der Waals surface area contributed by atoms with Gasteiger partial charge in [0, 0.05) is 56.7 Å².